The SMILES string of the molecule is CCCCCN(CCCCC)C(=O)c1cc(CC)cc(C(=O)N(CCCCC)CCCCC)c1. The van der Waals surface area contributed by atoms with E-state index < -0.39 is 0 Å². The lowest BCUT2D eigenvalue weighted by atomic mass is 10.0. The minimum Gasteiger partial charge on any atom is -0.339 e. The Bertz CT molecular complexity index is 627. The van der Waals surface area contributed by atoms with Crippen molar-refractivity contribution in [1.29, 1.82) is 0 Å². The van der Waals surface area contributed by atoms with Gasteiger partial charge < -0.3 is 9.80 Å². The summed E-state index contributed by atoms with van der Waals surface area (Å²) in [7, 11) is 0. The molecule has 194 valence electrons. The minimum absolute atomic E-state index is 0.0834. The molecule has 1 aromatic carbocycles. The van der Waals surface area contributed by atoms with Gasteiger partial charge in [-0.3, -0.25) is 9.59 Å². The van der Waals surface area contributed by atoms with Crippen LogP contribution in [0.2, 0.25) is 0 Å². The van der Waals surface area contributed by atoms with E-state index in [1.165, 1.54) is 0 Å². The fraction of sp³-hybridized carbons (Fsp3) is 0.733. The van der Waals surface area contributed by atoms with Crippen LogP contribution in [0.25, 0.3) is 0 Å². The van der Waals surface area contributed by atoms with Gasteiger partial charge in [-0.05, 0) is 55.9 Å². The van der Waals surface area contributed by atoms with E-state index in [2.05, 4.69) is 34.6 Å². The van der Waals surface area contributed by atoms with Gasteiger partial charge in [0.1, 0.15) is 0 Å². The van der Waals surface area contributed by atoms with Crippen LogP contribution in [0.15, 0.2) is 18.2 Å². The molecule has 0 aliphatic heterocycles. The number of hydrogen-bond donors (Lipinski definition) is 0. The summed E-state index contributed by atoms with van der Waals surface area (Å²) in [6, 6.07) is 5.87. The van der Waals surface area contributed by atoms with Crippen molar-refractivity contribution in [1.82, 2.24) is 9.80 Å². The van der Waals surface area contributed by atoms with E-state index in [9.17, 15) is 9.59 Å². The summed E-state index contributed by atoms with van der Waals surface area (Å²) >= 11 is 0. The number of carbonyl (C=O) groups is 2. The fourth-order valence-electron chi connectivity index (χ4n) is 4.35. The molecule has 0 atom stereocenters. The predicted molar refractivity (Wildman–Crippen MR) is 146 cm³/mol. The highest BCUT2D eigenvalue weighted by Crippen LogP contribution is 2.18. The monoisotopic (exact) mass is 472 g/mol. The Kier molecular flexibility index (Phi) is 16.4. The van der Waals surface area contributed by atoms with Gasteiger partial charge in [0, 0.05) is 37.3 Å². The highest BCUT2D eigenvalue weighted by molar-refractivity contribution is 6.00. The number of aryl methyl sites for hydroxylation is 1. The number of hydrogen-bond acceptors (Lipinski definition) is 2. The molecule has 0 aromatic heterocycles. The molecule has 0 fully saturated rings. The highest BCUT2D eigenvalue weighted by Gasteiger charge is 2.21. The Hall–Kier alpha value is -1.84. The molecule has 1 aromatic rings. The van der Waals surface area contributed by atoms with Crippen LogP contribution in [0.5, 0.6) is 0 Å². The lowest BCUT2D eigenvalue weighted by Gasteiger charge is -2.25. The van der Waals surface area contributed by atoms with Crippen molar-refractivity contribution in [2.24, 2.45) is 0 Å². The standard InChI is InChI=1S/C30H52N2O2/c1-6-11-15-19-31(20-16-12-7-2)29(33)27-23-26(10-5)24-28(25-27)30(34)32(21-17-13-8-3)22-18-14-9-4/h23-25H,6-22H2,1-5H3. The molecule has 0 heterocycles. The van der Waals surface area contributed by atoms with E-state index in [-0.39, 0.29) is 11.8 Å². The van der Waals surface area contributed by atoms with E-state index >= 15 is 0 Å². The molecule has 0 N–H and O–H groups in total. The summed E-state index contributed by atoms with van der Waals surface area (Å²) in [5, 5.41) is 0. The first-order valence-electron chi connectivity index (χ1n) is 14.2. The molecule has 2 amide bonds. The normalized spacial score (nSPS) is 11.0. The molecule has 0 unspecified atom stereocenters. The molecule has 0 bridgehead atoms. The number of nitrogens with zero attached hydrogens (tertiary/aromatic N) is 2. The van der Waals surface area contributed by atoms with Crippen molar-refractivity contribution in [2.45, 2.75) is 118 Å². The molecule has 0 aliphatic rings. The Morgan fingerprint density at radius 2 is 0.853 bits per heavy atom. The van der Waals surface area contributed by atoms with E-state index in [0.717, 1.165) is 115 Å². The maximum atomic E-state index is 13.6. The largest absolute Gasteiger partial charge is 0.339 e. The molecule has 0 saturated carbocycles. The summed E-state index contributed by atoms with van der Waals surface area (Å²) < 4.78 is 0. The zero-order valence-corrected chi connectivity index (χ0v) is 23.0. The lowest BCUT2D eigenvalue weighted by molar-refractivity contribution is 0.0747. The summed E-state index contributed by atoms with van der Waals surface area (Å²) in [4.78, 5) is 31.2. The lowest BCUT2D eigenvalue weighted by Crippen LogP contribution is -2.35. The van der Waals surface area contributed by atoms with Gasteiger partial charge in [0.05, 0.1) is 0 Å². The number of carbonyl (C=O) groups excluding carboxylic acids is 2. The van der Waals surface area contributed by atoms with Gasteiger partial charge in [-0.25, -0.2) is 0 Å². The Labute approximate surface area is 210 Å². The summed E-state index contributed by atoms with van der Waals surface area (Å²) in [6.45, 7) is 14.1. The average Bonchev–Trinajstić information content (AvgIpc) is 2.86. The molecule has 0 spiro atoms. The van der Waals surface area contributed by atoms with E-state index in [4.69, 9.17) is 0 Å². The van der Waals surface area contributed by atoms with Gasteiger partial charge in [0.25, 0.3) is 11.8 Å². The molecule has 1 rings (SSSR count). The van der Waals surface area contributed by atoms with Crippen molar-refractivity contribution >= 4 is 11.8 Å². The molecule has 0 radical (unpaired) electrons. The number of benzene rings is 1. The van der Waals surface area contributed by atoms with Crippen LogP contribution >= 0.6 is 0 Å². The van der Waals surface area contributed by atoms with Gasteiger partial charge in [-0.1, -0.05) is 86.0 Å². The van der Waals surface area contributed by atoms with Gasteiger partial charge in [-0.15, -0.1) is 0 Å². The van der Waals surface area contributed by atoms with E-state index in [0.29, 0.717) is 11.1 Å². The first kappa shape index (κ1) is 30.2. The zero-order chi connectivity index (χ0) is 25.2. The van der Waals surface area contributed by atoms with Crippen LogP contribution in [0.1, 0.15) is 138 Å². The van der Waals surface area contributed by atoms with Crippen molar-refractivity contribution in [3.8, 4) is 0 Å². The first-order valence-corrected chi connectivity index (χ1v) is 14.2. The third-order valence-electron chi connectivity index (χ3n) is 6.60. The maximum absolute atomic E-state index is 13.6. The summed E-state index contributed by atoms with van der Waals surface area (Å²) in [5.74, 6) is 0.167. The van der Waals surface area contributed by atoms with Crippen molar-refractivity contribution in [3.05, 3.63) is 34.9 Å². The minimum atomic E-state index is 0.0834. The molecular formula is C30H52N2O2. The van der Waals surface area contributed by atoms with Crippen LogP contribution in [0.3, 0.4) is 0 Å². The van der Waals surface area contributed by atoms with Crippen molar-refractivity contribution in [3.63, 3.8) is 0 Å². The predicted octanol–water partition coefficient (Wildman–Crippen LogP) is 7.89. The van der Waals surface area contributed by atoms with Crippen LogP contribution in [0, 0.1) is 0 Å². The van der Waals surface area contributed by atoms with Gasteiger partial charge >= 0.3 is 0 Å². The molecule has 0 aliphatic carbocycles. The molecule has 4 heteroatoms. The zero-order valence-electron chi connectivity index (χ0n) is 23.0. The van der Waals surface area contributed by atoms with Gasteiger partial charge in [-0.2, -0.15) is 0 Å². The average molecular weight is 473 g/mol. The van der Waals surface area contributed by atoms with Crippen molar-refractivity contribution < 1.29 is 9.59 Å². The third kappa shape index (κ3) is 11.1. The van der Waals surface area contributed by atoms with Crippen LogP contribution in [-0.2, 0) is 6.42 Å². The molecule has 4 nitrogen and oxygen atoms in total. The number of unbranched alkanes of at least 4 members (excludes halogenated alkanes) is 8. The summed E-state index contributed by atoms with van der Waals surface area (Å²) in [5.41, 5.74) is 2.42. The second kappa shape index (κ2) is 18.5. The smallest absolute Gasteiger partial charge is 0.253 e. The topological polar surface area (TPSA) is 40.6 Å². The quantitative estimate of drug-likeness (QED) is 0.192. The number of amides is 2. The van der Waals surface area contributed by atoms with Crippen LogP contribution in [0.4, 0.5) is 0 Å². The maximum Gasteiger partial charge on any atom is 0.253 e. The highest BCUT2D eigenvalue weighted by atomic mass is 16.2. The first-order chi connectivity index (χ1) is 16.5. The van der Waals surface area contributed by atoms with Gasteiger partial charge in [0.2, 0.25) is 0 Å². The third-order valence-corrected chi connectivity index (χ3v) is 6.60. The van der Waals surface area contributed by atoms with Gasteiger partial charge in [0.15, 0.2) is 0 Å². The Balaban J connectivity index is 3.14. The summed E-state index contributed by atoms with van der Waals surface area (Å²) in [6.07, 6.45) is 14.1. The Morgan fingerprint density at radius 3 is 1.12 bits per heavy atom. The molecule has 0 saturated heterocycles. The second-order valence-electron chi connectivity index (χ2n) is 9.68. The number of rotatable bonds is 19. The van der Waals surface area contributed by atoms with Crippen LogP contribution < -0.4 is 0 Å². The molecular weight excluding hydrogens is 420 g/mol. The van der Waals surface area contributed by atoms with E-state index in [1.807, 2.05) is 28.0 Å². The van der Waals surface area contributed by atoms with Crippen molar-refractivity contribution in [2.75, 3.05) is 26.2 Å². The van der Waals surface area contributed by atoms with Crippen LogP contribution in [-0.4, -0.2) is 47.8 Å². The van der Waals surface area contributed by atoms with E-state index in [1.54, 1.807) is 0 Å². The Morgan fingerprint density at radius 1 is 0.529 bits per heavy atom. The fourth-order valence-corrected chi connectivity index (χ4v) is 4.35. The second-order valence-corrected chi connectivity index (χ2v) is 9.68. The molecule has 34 heavy (non-hydrogen) atoms.